The molecular formula is C10H18O5. The lowest BCUT2D eigenvalue weighted by molar-refractivity contribution is -0.148. The van der Waals surface area contributed by atoms with Crippen LogP contribution in [0.25, 0.3) is 0 Å². The molecule has 0 rings (SSSR count). The van der Waals surface area contributed by atoms with Crippen LogP contribution in [0.15, 0.2) is 0 Å². The van der Waals surface area contributed by atoms with Crippen LogP contribution in [0.5, 0.6) is 0 Å². The Labute approximate surface area is 89.0 Å². The molecule has 0 spiro atoms. The van der Waals surface area contributed by atoms with Crippen LogP contribution in [-0.2, 0) is 14.3 Å². The molecule has 0 aromatic carbocycles. The summed E-state index contributed by atoms with van der Waals surface area (Å²) in [6.07, 6.45) is 0.330. The predicted octanol–water partition coefficient (Wildman–Crippen LogP) is 1.37. The van der Waals surface area contributed by atoms with E-state index >= 15 is 0 Å². The highest BCUT2D eigenvalue weighted by Gasteiger charge is 2.24. The van der Waals surface area contributed by atoms with Gasteiger partial charge in [0.1, 0.15) is 0 Å². The van der Waals surface area contributed by atoms with Gasteiger partial charge >= 0.3 is 11.9 Å². The summed E-state index contributed by atoms with van der Waals surface area (Å²) in [5.41, 5.74) is 0. The van der Waals surface area contributed by atoms with E-state index in [-0.39, 0.29) is 12.5 Å². The van der Waals surface area contributed by atoms with Crippen molar-refractivity contribution in [1.82, 2.24) is 0 Å². The van der Waals surface area contributed by atoms with E-state index in [0.717, 1.165) is 0 Å². The Morgan fingerprint density at radius 2 is 1.93 bits per heavy atom. The average molecular weight is 218 g/mol. The molecule has 0 saturated heterocycles. The van der Waals surface area contributed by atoms with Crippen molar-refractivity contribution in [2.75, 3.05) is 6.61 Å². The van der Waals surface area contributed by atoms with Crippen molar-refractivity contribution in [3.63, 3.8) is 0 Å². The maximum atomic E-state index is 10.9. The van der Waals surface area contributed by atoms with E-state index in [1.54, 1.807) is 13.8 Å². The summed E-state index contributed by atoms with van der Waals surface area (Å²) >= 11 is 0. The highest BCUT2D eigenvalue weighted by atomic mass is 16.5. The molecule has 0 aromatic heterocycles. The van der Waals surface area contributed by atoms with Crippen molar-refractivity contribution in [2.45, 2.75) is 39.2 Å². The second-order valence-corrected chi connectivity index (χ2v) is 3.39. The molecule has 2 unspecified atom stereocenters. The number of hydrogen-bond donors (Lipinski definition) is 2. The monoisotopic (exact) mass is 218 g/mol. The first-order valence-corrected chi connectivity index (χ1v) is 5.05. The largest absolute Gasteiger partial charge is 0.481 e. The third kappa shape index (κ3) is 6.06. The van der Waals surface area contributed by atoms with Crippen LogP contribution in [0.2, 0.25) is 0 Å². The second kappa shape index (κ2) is 7.23. The molecule has 5 heteroatoms. The summed E-state index contributed by atoms with van der Waals surface area (Å²) in [6, 6.07) is 0. The standard InChI is InChI=1S/C10H18O5/c1-3-15-7(2)8(10(13)14)5-4-6-9(11)12/h7-8H,3-6H2,1-2H3,(H,11,12)(H,13,14). The lowest BCUT2D eigenvalue weighted by atomic mass is 9.97. The number of carboxylic acid groups (broad SMARTS) is 2. The van der Waals surface area contributed by atoms with Gasteiger partial charge in [-0.2, -0.15) is 0 Å². The van der Waals surface area contributed by atoms with Crippen LogP contribution in [0.3, 0.4) is 0 Å². The van der Waals surface area contributed by atoms with E-state index in [1.165, 1.54) is 0 Å². The molecule has 0 aliphatic rings. The minimum Gasteiger partial charge on any atom is -0.481 e. The fourth-order valence-electron chi connectivity index (χ4n) is 1.41. The molecule has 0 bridgehead atoms. The van der Waals surface area contributed by atoms with Crippen molar-refractivity contribution < 1.29 is 24.5 Å². The SMILES string of the molecule is CCOC(C)C(CCCC(=O)O)C(=O)O. The Bertz CT molecular complexity index is 214. The van der Waals surface area contributed by atoms with Gasteiger partial charge in [-0.25, -0.2) is 0 Å². The van der Waals surface area contributed by atoms with E-state index in [9.17, 15) is 9.59 Å². The van der Waals surface area contributed by atoms with Gasteiger partial charge < -0.3 is 14.9 Å². The molecule has 2 atom stereocenters. The fraction of sp³-hybridized carbons (Fsp3) is 0.800. The van der Waals surface area contributed by atoms with Crippen LogP contribution >= 0.6 is 0 Å². The predicted molar refractivity (Wildman–Crippen MR) is 53.7 cm³/mol. The third-order valence-electron chi connectivity index (χ3n) is 2.22. The number of carbonyl (C=O) groups is 2. The number of carboxylic acids is 2. The first-order chi connectivity index (χ1) is 6.99. The zero-order valence-corrected chi connectivity index (χ0v) is 9.10. The zero-order valence-electron chi connectivity index (χ0n) is 9.10. The van der Waals surface area contributed by atoms with Gasteiger partial charge in [-0.3, -0.25) is 9.59 Å². The van der Waals surface area contributed by atoms with Crippen LogP contribution in [0.4, 0.5) is 0 Å². The lowest BCUT2D eigenvalue weighted by Gasteiger charge is -2.19. The molecule has 15 heavy (non-hydrogen) atoms. The van der Waals surface area contributed by atoms with Crippen molar-refractivity contribution in [2.24, 2.45) is 5.92 Å². The molecule has 2 N–H and O–H groups in total. The van der Waals surface area contributed by atoms with Gasteiger partial charge in [0.05, 0.1) is 12.0 Å². The maximum Gasteiger partial charge on any atom is 0.309 e. The Balaban J connectivity index is 4.04. The number of ether oxygens (including phenoxy) is 1. The van der Waals surface area contributed by atoms with Gasteiger partial charge in [-0.15, -0.1) is 0 Å². The zero-order chi connectivity index (χ0) is 11.8. The van der Waals surface area contributed by atoms with E-state index in [1.807, 2.05) is 0 Å². The highest BCUT2D eigenvalue weighted by Crippen LogP contribution is 2.16. The van der Waals surface area contributed by atoms with Crippen LogP contribution in [0, 0.1) is 5.92 Å². The normalized spacial score (nSPS) is 14.5. The maximum absolute atomic E-state index is 10.9. The quantitative estimate of drug-likeness (QED) is 0.642. The molecule has 88 valence electrons. The van der Waals surface area contributed by atoms with Gasteiger partial charge in [0.15, 0.2) is 0 Å². The van der Waals surface area contributed by atoms with Gasteiger partial charge in [-0.05, 0) is 26.7 Å². The van der Waals surface area contributed by atoms with Crippen molar-refractivity contribution in [3.8, 4) is 0 Å². The Hall–Kier alpha value is -1.10. The first-order valence-electron chi connectivity index (χ1n) is 5.05. The van der Waals surface area contributed by atoms with Gasteiger partial charge in [0, 0.05) is 13.0 Å². The molecule has 0 saturated carbocycles. The van der Waals surface area contributed by atoms with E-state index in [0.29, 0.717) is 19.4 Å². The van der Waals surface area contributed by atoms with E-state index in [2.05, 4.69) is 0 Å². The summed E-state index contributed by atoms with van der Waals surface area (Å²) in [6.45, 7) is 3.96. The topological polar surface area (TPSA) is 83.8 Å². The molecule has 0 fully saturated rings. The van der Waals surface area contributed by atoms with Gasteiger partial charge in [-0.1, -0.05) is 0 Å². The molecule has 0 aliphatic carbocycles. The molecule has 0 aliphatic heterocycles. The minimum atomic E-state index is -0.929. The number of aliphatic carboxylic acids is 2. The van der Waals surface area contributed by atoms with Gasteiger partial charge in [0.2, 0.25) is 0 Å². The van der Waals surface area contributed by atoms with Crippen molar-refractivity contribution in [1.29, 1.82) is 0 Å². The van der Waals surface area contributed by atoms with Crippen molar-refractivity contribution >= 4 is 11.9 Å². The lowest BCUT2D eigenvalue weighted by Crippen LogP contribution is -2.28. The van der Waals surface area contributed by atoms with Crippen molar-refractivity contribution in [3.05, 3.63) is 0 Å². The number of hydrogen-bond acceptors (Lipinski definition) is 3. The highest BCUT2D eigenvalue weighted by molar-refractivity contribution is 5.71. The molecule has 5 nitrogen and oxygen atoms in total. The third-order valence-corrected chi connectivity index (χ3v) is 2.22. The summed E-state index contributed by atoms with van der Waals surface area (Å²) in [5, 5.41) is 17.3. The first kappa shape index (κ1) is 13.9. The summed E-state index contributed by atoms with van der Waals surface area (Å²) in [4.78, 5) is 21.1. The Morgan fingerprint density at radius 1 is 1.33 bits per heavy atom. The molecule has 0 aromatic rings. The molecule has 0 amide bonds. The summed E-state index contributed by atoms with van der Waals surface area (Å²) in [5.74, 6) is -2.45. The molecular weight excluding hydrogens is 200 g/mol. The van der Waals surface area contributed by atoms with E-state index in [4.69, 9.17) is 14.9 Å². The van der Waals surface area contributed by atoms with E-state index < -0.39 is 17.9 Å². The van der Waals surface area contributed by atoms with Crippen LogP contribution in [0.1, 0.15) is 33.1 Å². The number of rotatable bonds is 8. The fourth-order valence-corrected chi connectivity index (χ4v) is 1.41. The van der Waals surface area contributed by atoms with Crippen LogP contribution < -0.4 is 0 Å². The second-order valence-electron chi connectivity index (χ2n) is 3.39. The average Bonchev–Trinajstić information content (AvgIpc) is 2.11. The smallest absolute Gasteiger partial charge is 0.309 e. The summed E-state index contributed by atoms with van der Waals surface area (Å²) in [7, 11) is 0. The molecule has 0 radical (unpaired) electrons. The summed E-state index contributed by atoms with van der Waals surface area (Å²) < 4.78 is 5.19. The Kier molecular flexibility index (Phi) is 6.70. The van der Waals surface area contributed by atoms with Crippen LogP contribution in [-0.4, -0.2) is 34.9 Å². The Morgan fingerprint density at radius 3 is 2.33 bits per heavy atom. The molecule has 0 heterocycles. The minimum absolute atomic E-state index is 0.00260. The van der Waals surface area contributed by atoms with Gasteiger partial charge in [0.25, 0.3) is 0 Å².